The minimum absolute atomic E-state index is 0.00501. The molecule has 2 aliphatic rings. The van der Waals surface area contributed by atoms with Crippen molar-refractivity contribution in [3.8, 4) is 0 Å². The zero-order valence-corrected chi connectivity index (χ0v) is 19.4. The zero-order chi connectivity index (χ0) is 22.5. The molecule has 2 saturated heterocycles. The highest BCUT2D eigenvalue weighted by Gasteiger charge is 2.38. The summed E-state index contributed by atoms with van der Waals surface area (Å²) >= 11 is 0. The van der Waals surface area contributed by atoms with Gasteiger partial charge in [-0.05, 0) is 50.6 Å². The summed E-state index contributed by atoms with van der Waals surface area (Å²) in [5.41, 5.74) is 0.267. The van der Waals surface area contributed by atoms with Crippen LogP contribution in [-0.2, 0) is 29.3 Å². The summed E-state index contributed by atoms with van der Waals surface area (Å²) in [5.74, 6) is -0.685. The van der Waals surface area contributed by atoms with Crippen LogP contribution >= 0.6 is 0 Å². The molecule has 0 amide bonds. The van der Waals surface area contributed by atoms with Crippen LogP contribution in [0, 0.1) is 0 Å². The van der Waals surface area contributed by atoms with E-state index in [1.165, 1.54) is 28.6 Å². The lowest BCUT2D eigenvalue weighted by Gasteiger charge is -2.30. The van der Waals surface area contributed by atoms with Gasteiger partial charge >= 0.3 is 5.97 Å². The number of ether oxygens (including phenoxy) is 2. The van der Waals surface area contributed by atoms with Crippen LogP contribution in [0.3, 0.4) is 0 Å². The van der Waals surface area contributed by atoms with E-state index in [2.05, 4.69) is 4.90 Å². The van der Waals surface area contributed by atoms with Crippen molar-refractivity contribution in [2.45, 2.75) is 30.7 Å². The van der Waals surface area contributed by atoms with Gasteiger partial charge in [-0.1, -0.05) is 0 Å². The SMILES string of the molecule is CCOC(=O)c1ccc(S(=O)(=O)N(CCCN2CCOCC2)C2CCS(=O)(=O)C2)cc1. The fourth-order valence-corrected chi connectivity index (χ4v) is 7.41. The second-order valence-corrected chi connectivity index (χ2v) is 11.8. The van der Waals surface area contributed by atoms with E-state index in [0.717, 1.165) is 19.6 Å². The predicted octanol–water partition coefficient (Wildman–Crippen LogP) is 0.763. The van der Waals surface area contributed by atoms with Crippen molar-refractivity contribution in [1.82, 2.24) is 9.21 Å². The number of carbonyl (C=O) groups excluding carboxylic acids is 1. The molecule has 1 aromatic rings. The van der Waals surface area contributed by atoms with E-state index >= 15 is 0 Å². The normalized spacial score (nSPS) is 21.9. The monoisotopic (exact) mass is 474 g/mol. The Kier molecular flexibility index (Phi) is 8.08. The summed E-state index contributed by atoms with van der Waals surface area (Å²) in [6, 6.07) is 5.01. The second-order valence-electron chi connectivity index (χ2n) is 7.73. The summed E-state index contributed by atoms with van der Waals surface area (Å²) in [4.78, 5) is 14.1. The lowest BCUT2D eigenvalue weighted by Crippen LogP contribution is -2.43. The van der Waals surface area contributed by atoms with Gasteiger partial charge in [0.15, 0.2) is 9.84 Å². The molecule has 0 saturated carbocycles. The molecule has 0 spiro atoms. The minimum Gasteiger partial charge on any atom is -0.462 e. The Morgan fingerprint density at radius 2 is 1.90 bits per heavy atom. The Labute approximate surface area is 184 Å². The van der Waals surface area contributed by atoms with Crippen LogP contribution in [0.5, 0.6) is 0 Å². The molecule has 0 bridgehead atoms. The number of sulfone groups is 1. The maximum Gasteiger partial charge on any atom is 0.338 e. The van der Waals surface area contributed by atoms with Crippen molar-refractivity contribution < 1.29 is 31.1 Å². The number of morpholine rings is 1. The van der Waals surface area contributed by atoms with Crippen molar-refractivity contribution in [2.24, 2.45) is 0 Å². The average Bonchev–Trinajstić information content (AvgIpc) is 3.11. The molecule has 11 heteroatoms. The van der Waals surface area contributed by atoms with Crippen LogP contribution in [-0.4, -0.2) is 95.6 Å². The Morgan fingerprint density at radius 3 is 2.48 bits per heavy atom. The van der Waals surface area contributed by atoms with Crippen LogP contribution in [0.2, 0.25) is 0 Å². The van der Waals surface area contributed by atoms with Gasteiger partial charge in [0.05, 0.1) is 41.8 Å². The number of benzene rings is 1. The summed E-state index contributed by atoms with van der Waals surface area (Å²) in [6.45, 7) is 5.81. The van der Waals surface area contributed by atoms with E-state index in [4.69, 9.17) is 9.47 Å². The molecular formula is C20H30N2O7S2. The van der Waals surface area contributed by atoms with E-state index in [9.17, 15) is 21.6 Å². The molecule has 0 aliphatic carbocycles. The third kappa shape index (κ3) is 6.26. The Bertz CT molecular complexity index is 956. The standard InChI is InChI=1S/C20H30N2O7S2/c1-2-29-20(23)17-4-6-19(7-5-17)31(26,27)22(18-8-15-30(24,25)16-18)10-3-9-21-11-13-28-14-12-21/h4-7,18H,2-3,8-16H2,1H3. The number of sulfonamides is 1. The number of rotatable bonds is 9. The second kappa shape index (κ2) is 10.4. The first-order chi connectivity index (χ1) is 14.7. The molecule has 174 valence electrons. The lowest BCUT2D eigenvalue weighted by atomic mass is 10.2. The molecule has 1 atom stereocenters. The Balaban J connectivity index is 1.76. The highest BCUT2D eigenvalue weighted by atomic mass is 32.2. The summed E-state index contributed by atoms with van der Waals surface area (Å²) in [6.07, 6.45) is 0.886. The largest absolute Gasteiger partial charge is 0.462 e. The minimum atomic E-state index is -3.92. The van der Waals surface area contributed by atoms with Gasteiger partial charge in [-0.2, -0.15) is 4.31 Å². The summed E-state index contributed by atoms with van der Waals surface area (Å²) in [5, 5.41) is 0. The van der Waals surface area contributed by atoms with Gasteiger partial charge in [0.1, 0.15) is 0 Å². The molecule has 31 heavy (non-hydrogen) atoms. The molecule has 1 unspecified atom stereocenters. The van der Waals surface area contributed by atoms with Crippen LogP contribution in [0.25, 0.3) is 0 Å². The number of nitrogens with zero attached hydrogens (tertiary/aromatic N) is 2. The lowest BCUT2D eigenvalue weighted by molar-refractivity contribution is 0.0367. The first-order valence-electron chi connectivity index (χ1n) is 10.5. The average molecular weight is 475 g/mol. The van der Waals surface area contributed by atoms with Gasteiger partial charge in [-0.25, -0.2) is 21.6 Å². The van der Waals surface area contributed by atoms with E-state index in [-0.39, 0.29) is 35.1 Å². The van der Waals surface area contributed by atoms with Gasteiger partial charge in [0.25, 0.3) is 0 Å². The van der Waals surface area contributed by atoms with E-state index < -0.39 is 31.9 Å². The molecule has 1 aromatic carbocycles. The van der Waals surface area contributed by atoms with Gasteiger partial charge in [-0.3, -0.25) is 4.90 Å². The summed E-state index contributed by atoms with van der Waals surface area (Å²) in [7, 11) is -7.17. The fraction of sp³-hybridized carbons (Fsp3) is 0.650. The van der Waals surface area contributed by atoms with E-state index in [0.29, 0.717) is 26.1 Å². The molecule has 0 aromatic heterocycles. The maximum absolute atomic E-state index is 13.4. The number of carbonyl (C=O) groups is 1. The Morgan fingerprint density at radius 1 is 1.23 bits per heavy atom. The third-order valence-electron chi connectivity index (χ3n) is 5.54. The number of hydrogen-bond acceptors (Lipinski definition) is 8. The maximum atomic E-state index is 13.4. The molecular weight excluding hydrogens is 444 g/mol. The van der Waals surface area contributed by atoms with Crippen molar-refractivity contribution in [2.75, 3.05) is 57.5 Å². The predicted molar refractivity (Wildman–Crippen MR) is 115 cm³/mol. The number of esters is 1. The Hall–Kier alpha value is -1.53. The molecule has 2 heterocycles. The highest BCUT2D eigenvalue weighted by Crippen LogP contribution is 2.26. The molecule has 3 rings (SSSR count). The van der Waals surface area contributed by atoms with Crippen LogP contribution in [0.15, 0.2) is 29.2 Å². The molecule has 2 fully saturated rings. The quantitative estimate of drug-likeness (QED) is 0.483. The van der Waals surface area contributed by atoms with Crippen LogP contribution in [0.1, 0.15) is 30.1 Å². The first-order valence-corrected chi connectivity index (χ1v) is 13.8. The van der Waals surface area contributed by atoms with Crippen molar-refractivity contribution in [3.63, 3.8) is 0 Å². The van der Waals surface area contributed by atoms with Crippen molar-refractivity contribution in [3.05, 3.63) is 29.8 Å². The zero-order valence-electron chi connectivity index (χ0n) is 17.7. The first kappa shape index (κ1) is 24.1. The van der Waals surface area contributed by atoms with Crippen molar-refractivity contribution >= 4 is 25.8 Å². The van der Waals surface area contributed by atoms with E-state index in [1.54, 1.807) is 6.92 Å². The van der Waals surface area contributed by atoms with E-state index in [1.807, 2.05) is 0 Å². The van der Waals surface area contributed by atoms with Gasteiger partial charge in [0.2, 0.25) is 10.0 Å². The van der Waals surface area contributed by atoms with Crippen LogP contribution < -0.4 is 0 Å². The summed E-state index contributed by atoms with van der Waals surface area (Å²) < 4.78 is 62.4. The molecule has 0 N–H and O–H groups in total. The van der Waals surface area contributed by atoms with Gasteiger partial charge < -0.3 is 9.47 Å². The molecule has 2 aliphatic heterocycles. The topological polar surface area (TPSA) is 110 Å². The molecule has 0 radical (unpaired) electrons. The smallest absolute Gasteiger partial charge is 0.338 e. The van der Waals surface area contributed by atoms with Gasteiger partial charge in [0, 0.05) is 25.7 Å². The number of hydrogen-bond donors (Lipinski definition) is 0. The molecule has 9 nitrogen and oxygen atoms in total. The van der Waals surface area contributed by atoms with Gasteiger partial charge in [-0.15, -0.1) is 0 Å². The third-order valence-corrected chi connectivity index (χ3v) is 9.26. The van der Waals surface area contributed by atoms with Crippen LogP contribution in [0.4, 0.5) is 0 Å². The fourth-order valence-electron chi connectivity index (χ4n) is 3.89. The van der Waals surface area contributed by atoms with Crippen molar-refractivity contribution in [1.29, 1.82) is 0 Å². The highest BCUT2D eigenvalue weighted by molar-refractivity contribution is 7.92.